The summed E-state index contributed by atoms with van der Waals surface area (Å²) in [4.78, 5) is 15.2. The predicted molar refractivity (Wildman–Crippen MR) is 87.1 cm³/mol. The summed E-state index contributed by atoms with van der Waals surface area (Å²) in [5.74, 6) is 1.24. The second-order valence-corrected chi connectivity index (χ2v) is 4.62. The first-order valence-electron chi connectivity index (χ1n) is 7.73. The van der Waals surface area contributed by atoms with Gasteiger partial charge in [0, 0.05) is 19.6 Å². The fraction of sp³-hybridized carbons (Fsp3) is 0.667. The Balaban J connectivity index is 2.83. The van der Waals surface area contributed by atoms with E-state index in [4.69, 9.17) is 4.74 Å². The van der Waals surface area contributed by atoms with Crippen molar-refractivity contribution in [3.8, 4) is 6.01 Å². The summed E-state index contributed by atoms with van der Waals surface area (Å²) in [6, 6.07) is 0.384. The van der Waals surface area contributed by atoms with Crippen LogP contribution in [-0.2, 0) is 0 Å². The first kappa shape index (κ1) is 17.2. The minimum Gasteiger partial charge on any atom is -0.463 e. The standard InChI is InChI=1S/C15H27N5O/c1-5-9-10-12-21-15-18-13(16-11-6-2)17-14(19-15)20(7-3)8-4/h5H,1,6-12H2,2-4H3,(H,16,17,18,19). The van der Waals surface area contributed by atoms with Crippen molar-refractivity contribution in [1.29, 1.82) is 0 Å². The lowest BCUT2D eigenvalue weighted by molar-refractivity contribution is 0.287. The molecular weight excluding hydrogens is 266 g/mol. The zero-order chi connectivity index (χ0) is 15.5. The average molecular weight is 293 g/mol. The Labute approximate surface area is 127 Å². The van der Waals surface area contributed by atoms with Crippen LogP contribution in [0, 0.1) is 0 Å². The van der Waals surface area contributed by atoms with E-state index in [2.05, 4.69) is 52.5 Å². The fourth-order valence-electron chi connectivity index (χ4n) is 1.77. The second kappa shape index (κ2) is 9.96. The Morgan fingerprint density at radius 1 is 1.19 bits per heavy atom. The molecule has 0 aliphatic carbocycles. The molecule has 0 saturated carbocycles. The van der Waals surface area contributed by atoms with E-state index in [9.17, 15) is 0 Å². The molecule has 0 aliphatic heterocycles. The van der Waals surface area contributed by atoms with Gasteiger partial charge in [0.15, 0.2) is 0 Å². The summed E-state index contributed by atoms with van der Waals surface area (Å²) in [6.07, 6.45) is 4.73. The summed E-state index contributed by atoms with van der Waals surface area (Å²) in [7, 11) is 0. The lowest BCUT2D eigenvalue weighted by Crippen LogP contribution is -2.25. The van der Waals surface area contributed by atoms with E-state index in [1.54, 1.807) is 0 Å². The van der Waals surface area contributed by atoms with Gasteiger partial charge >= 0.3 is 6.01 Å². The van der Waals surface area contributed by atoms with Crippen molar-refractivity contribution in [2.45, 2.75) is 40.0 Å². The molecule has 0 amide bonds. The molecule has 6 nitrogen and oxygen atoms in total. The van der Waals surface area contributed by atoms with Crippen LogP contribution in [0.5, 0.6) is 6.01 Å². The van der Waals surface area contributed by atoms with Gasteiger partial charge in [-0.05, 0) is 33.1 Å². The van der Waals surface area contributed by atoms with Crippen LogP contribution >= 0.6 is 0 Å². The Morgan fingerprint density at radius 3 is 2.57 bits per heavy atom. The number of rotatable bonds is 11. The molecule has 0 bridgehead atoms. The van der Waals surface area contributed by atoms with E-state index in [0.717, 1.165) is 38.9 Å². The second-order valence-electron chi connectivity index (χ2n) is 4.62. The minimum absolute atomic E-state index is 0.384. The monoisotopic (exact) mass is 293 g/mol. The summed E-state index contributed by atoms with van der Waals surface area (Å²) in [5.41, 5.74) is 0. The summed E-state index contributed by atoms with van der Waals surface area (Å²) < 4.78 is 5.63. The van der Waals surface area contributed by atoms with Gasteiger partial charge in [-0.25, -0.2) is 0 Å². The van der Waals surface area contributed by atoms with Gasteiger partial charge in [0.25, 0.3) is 0 Å². The molecule has 1 N–H and O–H groups in total. The molecule has 0 radical (unpaired) electrons. The maximum Gasteiger partial charge on any atom is 0.323 e. The Kier molecular flexibility index (Phi) is 8.16. The molecule has 0 fully saturated rings. The van der Waals surface area contributed by atoms with Gasteiger partial charge in [0.1, 0.15) is 0 Å². The van der Waals surface area contributed by atoms with Gasteiger partial charge in [0.2, 0.25) is 11.9 Å². The normalized spacial score (nSPS) is 10.2. The van der Waals surface area contributed by atoms with Crippen LogP contribution in [0.3, 0.4) is 0 Å². The highest BCUT2D eigenvalue weighted by atomic mass is 16.5. The maximum absolute atomic E-state index is 5.63. The molecule has 1 aromatic heterocycles. The third kappa shape index (κ3) is 5.97. The van der Waals surface area contributed by atoms with E-state index >= 15 is 0 Å². The number of aromatic nitrogens is 3. The van der Waals surface area contributed by atoms with Crippen LogP contribution in [0.1, 0.15) is 40.0 Å². The SMILES string of the molecule is C=CCCCOc1nc(NCCC)nc(N(CC)CC)n1. The predicted octanol–water partition coefficient (Wildman–Crippen LogP) is 2.88. The van der Waals surface area contributed by atoms with Crippen molar-refractivity contribution in [3.63, 3.8) is 0 Å². The third-order valence-corrected chi connectivity index (χ3v) is 2.97. The fourth-order valence-corrected chi connectivity index (χ4v) is 1.77. The Hall–Kier alpha value is -1.85. The van der Waals surface area contributed by atoms with E-state index in [0.29, 0.717) is 24.5 Å². The molecule has 6 heteroatoms. The van der Waals surface area contributed by atoms with Gasteiger partial charge in [0.05, 0.1) is 6.61 Å². The largest absolute Gasteiger partial charge is 0.463 e. The lowest BCUT2D eigenvalue weighted by atomic mass is 10.3. The molecule has 21 heavy (non-hydrogen) atoms. The van der Waals surface area contributed by atoms with Gasteiger partial charge in [-0.3, -0.25) is 0 Å². The lowest BCUT2D eigenvalue weighted by Gasteiger charge is -2.19. The van der Waals surface area contributed by atoms with Crippen molar-refractivity contribution in [2.75, 3.05) is 36.5 Å². The molecule has 1 heterocycles. The smallest absolute Gasteiger partial charge is 0.323 e. The summed E-state index contributed by atoms with van der Waals surface area (Å²) in [5, 5.41) is 3.19. The highest BCUT2D eigenvalue weighted by Crippen LogP contribution is 2.15. The van der Waals surface area contributed by atoms with Gasteiger partial charge in [-0.1, -0.05) is 13.0 Å². The molecule has 0 unspecified atom stereocenters. The first-order valence-corrected chi connectivity index (χ1v) is 7.73. The van der Waals surface area contributed by atoms with Gasteiger partial charge in [-0.15, -0.1) is 6.58 Å². The highest BCUT2D eigenvalue weighted by Gasteiger charge is 2.11. The Bertz CT molecular complexity index is 421. The van der Waals surface area contributed by atoms with Gasteiger partial charge in [-0.2, -0.15) is 15.0 Å². The number of hydrogen-bond donors (Lipinski definition) is 1. The number of ether oxygens (including phenoxy) is 1. The maximum atomic E-state index is 5.63. The van der Waals surface area contributed by atoms with Crippen LogP contribution in [0.2, 0.25) is 0 Å². The Morgan fingerprint density at radius 2 is 1.95 bits per heavy atom. The van der Waals surface area contributed by atoms with Gasteiger partial charge < -0.3 is 15.0 Å². The number of nitrogens with zero attached hydrogens (tertiary/aromatic N) is 4. The van der Waals surface area contributed by atoms with E-state index < -0.39 is 0 Å². The number of allylic oxidation sites excluding steroid dienone is 1. The number of hydrogen-bond acceptors (Lipinski definition) is 6. The molecule has 0 aromatic carbocycles. The minimum atomic E-state index is 0.384. The van der Waals surface area contributed by atoms with Crippen molar-refractivity contribution < 1.29 is 4.74 Å². The summed E-state index contributed by atoms with van der Waals surface area (Å²) >= 11 is 0. The van der Waals surface area contributed by atoms with Crippen LogP contribution in [-0.4, -0.2) is 41.2 Å². The third-order valence-electron chi connectivity index (χ3n) is 2.97. The average Bonchev–Trinajstić information content (AvgIpc) is 2.51. The van der Waals surface area contributed by atoms with Crippen molar-refractivity contribution in [2.24, 2.45) is 0 Å². The quantitative estimate of drug-likeness (QED) is 0.500. The first-order chi connectivity index (χ1) is 10.2. The van der Waals surface area contributed by atoms with E-state index in [1.165, 1.54) is 0 Å². The zero-order valence-corrected chi connectivity index (χ0v) is 13.4. The van der Waals surface area contributed by atoms with E-state index in [-0.39, 0.29) is 0 Å². The molecule has 1 rings (SSSR count). The number of nitrogens with one attached hydrogen (secondary N) is 1. The van der Waals surface area contributed by atoms with Crippen LogP contribution < -0.4 is 15.0 Å². The van der Waals surface area contributed by atoms with E-state index in [1.807, 2.05) is 6.08 Å². The van der Waals surface area contributed by atoms with Crippen LogP contribution in [0.25, 0.3) is 0 Å². The van der Waals surface area contributed by atoms with Crippen LogP contribution in [0.4, 0.5) is 11.9 Å². The topological polar surface area (TPSA) is 63.2 Å². The molecule has 1 aromatic rings. The zero-order valence-electron chi connectivity index (χ0n) is 13.4. The molecule has 118 valence electrons. The van der Waals surface area contributed by atoms with Crippen molar-refractivity contribution >= 4 is 11.9 Å². The molecule has 0 spiro atoms. The summed E-state index contributed by atoms with van der Waals surface area (Å²) in [6.45, 7) is 13.1. The highest BCUT2D eigenvalue weighted by molar-refractivity contribution is 5.38. The molecule has 0 saturated heterocycles. The van der Waals surface area contributed by atoms with Crippen LogP contribution in [0.15, 0.2) is 12.7 Å². The molecule has 0 aliphatic rings. The molecular formula is C15H27N5O. The van der Waals surface area contributed by atoms with Crippen molar-refractivity contribution in [1.82, 2.24) is 15.0 Å². The number of anilines is 2. The molecule has 0 atom stereocenters. The number of unbranched alkanes of at least 4 members (excludes halogenated alkanes) is 1. The van der Waals surface area contributed by atoms with Crippen molar-refractivity contribution in [3.05, 3.63) is 12.7 Å².